The lowest BCUT2D eigenvalue weighted by Crippen LogP contribution is -2.22. The third-order valence-corrected chi connectivity index (χ3v) is 2.84. The van der Waals surface area contributed by atoms with E-state index in [1.165, 1.54) is 11.1 Å². The highest BCUT2D eigenvalue weighted by Gasteiger charge is 2.06. The summed E-state index contributed by atoms with van der Waals surface area (Å²) in [6.07, 6.45) is 1.48. The summed E-state index contributed by atoms with van der Waals surface area (Å²) < 4.78 is 0. The Morgan fingerprint density at radius 3 is 2.82 bits per heavy atom. The molecule has 17 heavy (non-hydrogen) atoms. The number of aryl methyl sites for hydroxylation is 1. The summed E-state index contributed by atoms with van der Waals surface area (Å²) >= 11 is 0. The van der Waals surface area contributed by atoms with E-state index >= 15 is 0 Å². The van der Waals surface area contributed by atoms with Gasteiger partial charge in [-0.25, -0.2) is 0 Å². The number of hydrogen-bond donors (Lipinski definition) is 3. The van der Waals surface area contributed by atoms with Crippen molar-refractivity contribution in [2.45, 2.75) is 32.7 Å². The minimum atomic E-state index is 0.287. The molecular formula is C13H21N3O. The molecule has 0 aliphatic rings. The number of oxime groups is 1. The maximum absolute atomic E-state index is 8.40. The Morgan fingerprint density at radius 2 is 2.18 bits per heavy atom. The fourth-order valence-electron chi connectivity index (χ4n) is 1.82. The standard InChI is InChI=1S/C13H21N3O/c1-10-6-3-4-7-12(10)11(2)15-9-5-8-13(14)16-17/h3-4,6-7,11,15,17H,5,8-9H2,1-2H3,(H2,14,16). The Bertz CT molecular complexity index is 377. The van der Waals surface area contributed by atoms with Gasteiger partial charge in [-0.1, -0.05) is 29.4 Å². The minimum Gasteiger partial charge on any atom is -0.409 e. The maximum Gasteiger partial charge on any atom is 0.139 e. The van der Waals surface area contributed by atoms with E-state index in [0.717, 1.165) is 13.0 Å². The van der Waals surface area contributed by atoms with Gasteiger partial charge in [0.2, 0.25) is 0 Å². The van der Waals surface area contributed by atoms with Crippen LogP contribution in [0.5, 0.6) is 0 Å². The van der Waals surface area contributed by atoms with Crippen LogP contribution in [0.2, 0.25) is 0 Å². The highest BCUT2D eigenvalue weighted by atomic mass is 16.4. The predicted molar refractivity (Wildman–Crippen MR) is 70.2 cm³/mol. The fraction of sp³-hybridized carbons (Fsp3) is 0.462. The van der Waals surface area contributed by atoms with Crippen molar-refractivity contribution in [1.29, 1.82) is 0 Å². The van der Waals surface area contributed by atoms with Crippen molar-refractivity contribution in [1.82, 2.24) is 5.32 Å². The molecule has 0 fully saturated rings. The van der Waals surface area contributed by atoms with Crippen molar-refractivity contribution < 1.29 is 5.21 Å². The van der Waals surface area contributed by atoms with Crippen molar-refractivity contribution in [3.8, 4) is 0 Å². The number of rotatable bonds is 6. The summed E-state index contributed by atoms with van der Waals surface area (Å²) in [4.78, 5) is 0. The van der Waals surface area contributed by atoms with Gasteiger partial charge in [0.25, 0.3) is 0 Å². The van der Waals surface area contributed by atoms with Crippen molar-refractivity contribution >= 4 is 5.84 Å². The molecular weight excluding hydrogens is 214 g/mol. The Morgan fingerprint density at radius 1 is 1.47 bits per heavy atom. The molecule has 0 aliphatic heterocycles. The number of amidine groups is 1. The van der Waals surface area contributed by atoms with Gasteiger partial charge in [0.1, 0.15) is 5.84 Å². The van der Waals surface area contributed by atoms with Crippen molar-refractivity contribution in [2.24, 2.45) is 10.9 Å². The molecule has 1 unspecified atom stereocenters. The summed E-state index contributed by atoms with van der Waals surface area (Å²) in [5, 5.41) is 14.8. The predicted octanol–water partition coefficient (Wildman–Crippen LogP) is 2.17. The zero-order valence-corrected chi connectivity index (χ0v) is 10.5. The lowest BCUT2D eigenvalue weighted by molar-refractivity contribution is 0.316. The van der Waals surface area contributed by atoms with Crippen LogP contribution in [0.3, 0.4) is 0 Å². The van der Waals surface area contributed by atoms with Crippen LogP contribution < -0.4 is 11.1 Å². The highest BCUT2D eigenvalue weighted by Crippen LogP contribution is 2.16. The molecule has 0 spiro atoms. The second-order valence-electron chi connectivity index (χ2n) is 4.23. The number of benzene rings is 1. The fourth-order valence-corrected chi connectivity index (χ4v) is 1.82. The van der Waals surface area contributed by atoms with Gasteiger partial charge >= 0.3 is 0 Å². The minimum absolute atomic E-state index is 0.287. The average molecular weight is 235 g/mol. The zero-order chi connectivity index (χ0) is 12.7. The monoisotopic (exact) mass is 235 g/mol. The van der Waals surface area contributed by atoms with E-state index in [0.29, 0.717) is 12.5 Å². The third kappa shape index (κ3) is 4.44. The molecule has 1 aromatic rings. The SMILES string of the molecule is Cc1ccccc1C(C)NCCCC(N)=NO. The Balaban J connectivity index is 2.35. The molecule has 4 nitrogen and oxygen atoms in total. The number of nitrogens with zero attached hydrogens (tertiary/aromatic N) is 1. The van der Waals surface area contributed by atoms with Gasteiger partial charge < -0.3 is 16.3 Å². The van der Waals surface area contributed by atoms with Crippen LogP contribution in [0, 0.1) is 6.92 Å². The van der Waals surface area contributed by atoms with Crippen LogP contribution in [-0.2, 0) is 0 Å². The molecule has 0 aliphatic carbocycles. The van der Waals surface area contributed by atoms with E-state index in [1.807, 2.05) is 6.07 Å². The molecule has 0 radical (unpaired) electrons. The normalized spacial score (nSPS) is 13.6. The van der Waals surface area contributed by atoms with Crippen molar-refractivity contribution in [2.75, 3.05) is 6.54 Å². The van der Waals surface area contributed by atoms with Crippen LogP contribution in [0.1, 0.15) is 36.9 Å². The van der Waals surface area contributed by atoms with Crippen LogP contribution in [0.15, 0.2) is 29.4 Å². The molecule has 0 bridgehead atoms. The van der Waals surface area contributed by atoms with Crippen LogP contribution in [-0.4, -0.2) is 17.6 Å². The summed E-state index contributed by atoms with van der Waals surface area (Å²) in [7, 11) is 0. The first-order chi connectivity index (χ1) is 8.15. The molecule has 1 aromatic carbocycles. The molecule has 4 heteroatoms. The molecule has 0 amide bonds. The first-order valence-corrected chi connectivity index (χ1v) is 5.90. The zero-order valence-electron chi connectivity index (χ0n) is 10.5. The third-order valence-electron chi connectivity index (χ3n) is 2.84. The molecule has 0 aromatic heterocycles. The smallest absolute Gasteiger partial charge is 0.139 e. The summed E-state index contributed by atoms with van der Waals surface area (Å²) in [6, 6.07) is 8.67. The molecule has 0 saturated heterocycles. The number of nitrogens with one attached hydrogen (secondary N) is 1. The summed E-state index contributed by atoms with van der Waals surface area (Å²) in [5.41, 5.74) is 8.01. The first kappa shape index (κ1) is 13.5. The van der Waals surface area contributed by atoms with E-state index in [-0.39, 0.29) is 5.84 Å². The Hall–Kier alpha value is -1.55. The largest absolute Gasteiger partial charge is 0.409 e. The van der Waals surface area contributed by atoms with Gasteiger partial charge in [-0.2, -0.15) is 0 Å². The van der Waals surface area contributed by atoms with Gasteiger partial charge in [0.05, 0.1) is 0 Å². The van der Waals surface area contributed by atoms with Gasteiger partial charge in [-0.05, 0) is 37.9 Å². The molecule has 0 heterocycles. The number of hydrogen-bond acceptors (Lipinski definition) is 3. The quantitative estimate of drug-likeness (QED) is 0.233. The van der Waals surface area contributed by atoms with Gasteiger partial charge in [0.15, 0.2) is 0 Å². The van der Waals surface area contributed by atoms with Gasteiger partial charge in [-0.15, -0.1) is 0 Å². The maximum atomic E-state index is 8.40. The van der Waals surface area contributed by atoms with Crippen LogP contribution in [0.25, 0.3) is 0 Å². The Kier molecular flexibility index (Phi) is 5.49. The molecule has 4 N–H and O–H groups in total. The summed E-state index contributed by atoms with van der Waals surface area (Å²) in [6.45, 7) is 5.11. The second kappa shape index (κ2) is 6.91. The average Bonchev–Trinajstić information content (AvgIpc) is 2.34. The number of nitrogens with two attached hydrogens (primary N) is 1. The second-order valence-corrected chi connectivity index (χ2v) is 4.23. The van der Waals surface area contributed by atoms with Gasteiger partial charge in [-0.3, -0.25) is 0 Å². The van der Waals surface area contributed by atoms with Crippen molar-refractivity contribution in [3.63, 3.8) is 0 Å². The molecule has 94 valence electrons. The lowest BCUT2D eigenvalue weighted by Gasteiger charge is -2.16. The van der Waals surface area contributed by atoms with Crippen LogP contribution in [0.4, 0.5) is 0 Å². The highest BCUT2D eigenvalue weighted by molar-refractivity contribution is 5.79. The van der Waals surface area contributed by atoms with E-state index in [2.05, 4.69) is 42.5 Å². The van der Waals surface area contributed by atoms with E-state index in [9.17, 15) is 0 Å². The van der Waals surface area contributed by atoms with E-state index in [4.69, 9.17) is 10.9 Å². The topological polar surface area (TPSA) is 70.6 Å². The first-order valence-electron chi connectivity index (χ1n) is 5.90. The lowest BCUT2D eigenvalue weighted by atomic mass is 10.0. The molecule has 0 saturated carbocycles. The van der Waals surface area contributed by atoms with Crippen LogP contribution >= 0.6 is 0 Å². The molecule has 1 rings (SSSR count). The van der Waals surface area contributed by atoms with Gasteiger partial charge in [0, 0.05) is 12.5 Å². The summed E-state index contributed by atoms with van der Waals surface area (Å²) in [5.74, 6) is 0.287. The van der Waals surface area contributed by atoms with E-state index < -0.39 is 0 Å². The molecule has 1 atom stereocenters. The van der Waals surface area contributed by atoms with Crippen molar-refractivity contribution in [3.05, 3.63) is 35.4 Å². The Labute approximate surface area is 103 Å². The van der Waals surface area contributed by atoms with E-state index in [1.54, 1.807) is 0 Å².